The molecule has 0 fully saturated rings. The zero-order valence-electron chi connectivity index (χ0n) is 10.2. The van der Waals surface area contributed by atoms with Crippen LogP contribution in [0, 0.1) is 0 Å². The Morgan fingerprint density at radius 1 is 1.28 bits per heavy atom. The fourth-order valence-corrected chi connectivity index (χ4v) is 1.87. The van der Waals surface area contributed by atoms with Gasteiger partial charge in [0.1, 0.15) is 0 Å². The molecule has 18 heavy (non-hydrogen) atoms. The van der Waals surface area contributed by atoms with Crippen LogP contribution in [0.3, 0.4) is 0 Å². The third kappa shape index (κ3) is 3.85. The van der Waals surface area contributed by atoms with Crippen LogP contribution in [0.1, 0.15) is 24.8 Å². The molecule has 0 saturated carbocycles. The Morgan fingerprint density at radius 3 is 2.94 bits per heavy atom. The summed E-state index contributed by atoms with van der Waals surface area (Å²) < 4.78 is 16.1. The third-order valence-electron chi connectivity index (χ3n) is 2.67. The fraction of sp³-hybridized carbons (Fsp3) is 0.462. The average molecular weight is 267 g/mol. The number of hydrogen-bond donors (Lipinski definition) is 1. The van der Waals surface area contributed by atoms with Gasteiger partial charge in [-0.2, -0.15) is 0 Å². The van der Waals surface area contributed by atoms with Crippen molar-refractivity contribution in [2.45, 2.75) is 25.9 Å². The number of hydrogen-bond acceptors (Lipinski definition) is 4. The topological polar surface area (TPSA) is 53.7 Å². The zero-order chi connectivity index (χ0) is 12.8. The quantitative estimate of drug-likeness (QED) is 0.607. The summed E-state index contributed by atoms with van der Waals surface area (Å²) in [5.41, 5.74) is 6.51. The first-order valence-corrected chi connectivity index (χ1v) is 6.41. The van der Waals surface area contributed by atoms with Crippen LogP contribution in [-0.4, -0.2) is 18.4 Å². The van der Waals surface area contributed by atoms with Crippen LogP contribution in [0.4, 0.5) is 0 Å². The summed E-state index contributed by atoms with van der Waals surface area (Å²) in [7, 11) is 0. The highest BCUT2D eigenvalue weighted by Crippen LogP contribution is 2.32. The van der Waals surface area contributed by atoms with Crippen molar-refractivity contribution < 1.29 is 14.2 Å². The van der Waals surface area contributed by atoms with Gasteiger partial charge in [0.05, 0.1) is 11.6 Å². The molecule has 0 spiro atoms. The van der Waals surface area contributed by atoms with Crippen LogP contribution in [0.25, 0.3) is 0 Å². The molecule has 1 aliphatic rings. The highest BCUT2D eigenvalue weighted by Gasteiger charge is 2.12. The highest BCUT2D eigenvalue weighted by molar-refractivity contribution is 7.80. The van der Waals surface area contributed by atoms with E-state index >= 15 is 0 Å². The number of thiocarbonyl (C=S) groups is 1. The van der Waals surface area contributed by atoms with Gasteiger partial charge in [0, 0.05) is 6.61 Å². The Bertz CT molecular complexity index is 423. The lowest BCUT2D eigenvalue weighted by atomic mass is 10.2. The van der Waals surface area contributed by atoms with Crippen molar-refractivity contribution in [1.82, 2.24) is 0 Å². The fourth-order valence-electron chi connectivity index (χ4n) is 1.72. The number of ether oxygens (including phenoxy) is 3. The monoisotopic (exact) mass is 267 g/mol. The maximum Gasteiger partial charge on any atom is 0.231 e. The van der Waals surface area contributed by atoms with E-state index < -0.39 is 0 Å². The molecule has 0 radical (unpaired) electrons. The molecule has 1 heterocycles. The zero-order valence-corrected chi connectivity index (χ0v) is 11.0. The molecule has 0 bridgehead atoms. The van der Waals surface area contributed by atoms with Crippen molar-refractivity contribution in [3.8, 4) is 11.5 Å². The average Bonchev–Trinajstić information content (AvgIpc) is 2.80. The highest BCUT2D eigenvalue weighted by atomic mass is 32.1. The molecule has 0 aliphatic carbocycles. The normalized spacial score (nSPS) is 12.7. The van der Waals surface area contributed by atoms with Crippen LogP contribution < -0.4 is 15.2 Å². The molecule has 0 amide bonds. The predicted molar refractivity (Wildman–Crippen MR) is 72.9 cm³/mol. The Kier molecular flexibility index (Phi) is 4.78. The van der Waals surface area contributed by atoms with Crippen molar-refractivity contribution in [3.63, 3.8) is 0 Å². The van der Waals surface area contributed by atoms with Gasteiger partial charge in [-0.1, -0.05) is 18.3 Å². The summed E-state index contributed by atoms with van der Waals surface area (Å²) in [6.45, 7) is 1.61. The van der Waals surface area contributed by atoms with E-state index in [1.807, 2.05) is 18.2 Å². The van der Waals surface area contributed by atoms with Gasteiger partial charge in [0.15, 0.2) is 11.5 Å². The Labute approximate surface area is 112 Å². The number of benzene rings is 1. The minimum absolute atomic E-state index is 0.304. The first kappa shape index (κ1) is 13.1. The van der Waals surface area contributed by atoms with Crippen molar-refractivity contribution in [3.05, 3.63) is 23.8 Å². The van der Waals surface area contributed by atoms with E-state index in [1.54, 1.807) is 0 Å². The molecular weight excluding hydrogens is 250 g/mol. The van der Waals surface area contributed by atoms with Crippen molar-refractivity contribution in [1.29, 1.82) is 0 Å². The molecule has 0 saturated heterocycles. The summed E-state index contributed by atoms with van der Waals surface area (Å²) in [6, 6.07) is 5.85. The van der Waals surface area contributed by atoms with Gasteiger partial charge < -0.3 is 19.9 Å². The molecule has 5 heteroatoms. The standard InChI is InChI=1S/C13H17NO3S/c14-13(18)3-1-2-6-15-8-10-4-5-11-12(7-10)17-9-16-11/h4-5,7H,1-3,6,8-9H2,(H2,14,18). The molecule has 2 N–H and O–H groups in total. The van der Waals surface area contributed by atoms with Gasteiger partial charge in [-0.05, 0) is 37.0 Å². The molecule has 1 aromatic carbocycles. The summed E-state index contributed by atoms with van der Waals surface area (Å²) in [5.74, 6) is 1.60. The number of unbranched alkanes of at least 4 members (excludes halogenated alkanes) is 1. The largest absolute Gasteiger partial charge is 0.454 e. The minimum atomic E-state index is 0.304. The molecular formula is C13H17NO3S. The van der Waals surface area contributed by atoms with Crippen LogP contribution in [0.2, 0.25) is 0 Å². The summed E-state index contributed by atoms with van der Waals surface area (Å²) in [5, 5.41) is 0. The van der Waals surface area contributed by atoms with Crippen LogP contribution >= 0.6 is 12.2 Å². The minimum Gasteiger partial charge on any atom is -0.454 e. The van der Waals surface area contributed by atoms with E-state index in [4.69, 9.17) is 32.2 Å². The van der Waals surface area contributed by atoms with Crippen LogP contribution in [0.5, 0.6) is 11.5 Å². The second kappa shape index (κ2) is 6.56. The number of rotatable bonds is 7. The van der Waals surface area contributed by atoms with Crippen LogP contribution in [-0.2, 0) is 11.3 Å². The smallest absolute Gasteiger partial charge is 0.231 e. The van der Waals surface area contributed by atoms with Gasteiger partial charge in [-0.25, -0.2) is 0 Å². The molecule has 98 valence electrons. The summed E-state index contributed by atoms with van der Waals surface area (Å²) >= 11 is 4.81. The lowest BCUT2D eigenvalue weighted by molar-refractivity contribution is 0.117. The molecule has 0 aromatic heterocycles. The van der Waals surface area contributed by atoms with E-state index in [-0.39, 0.29) is 0 Å². The number of nitrogens with two attached hydrogens (primary N) is 1. The lowest BCUT2D eigenvalue weighted by Crippen LogP contribution is -2.07. The SMILES string of the molecule is NC(=S)CCCCOCc1ccc2c(c1)OCO2. The number of fused-ring (bicyclic) bond motifs is 1. The van der Waals surface area contributed by atoms with Crippen molar-refractivity contribution in [2.24, 2.45) is 5.73 Å². The third-order valence-corrected chi connectivity index (χ3v) is 2.87. The van der Waals surface area contributed by atoms with Crippen molar-refractivity contribution in [2.75, 3.05) is 13.4 Å². The first-order chi connectivity index (χ1) is 8.75. The molecule has 1 aromatic rings. The Balaban J connectivity index is 1.66. The van der Waals surface area contributed by atoms with Crippen LogP contribution in [0.15, 0.2) is 18.2 Å². The Hall–Kier alpha value is -1.33. The lowest BCUT2D eigenvalue weighted by Gasteiger charge is -2.05. The molecule has 4 nitrogen and oxygen atoms in total. The summed E-state index contributed by atoms with van der Waals surface area (Å²) in [4.78, 5) is 0.575. The molecule has 0 atom stereocenters. The second-order valence-electron chi connectivity index (χ2n) is 4.16. The predicted octanol–water partition coefficient (Wildman–Crippen LogP) is 2.39. The van der Waals surface area contributed by atoms with E-state index in [0.717, 1.165) is 42.9 Å². The van der Waals surface area contributed by atoms with E-state index in [1.165, 1.54) is 0 Å². The van der Waals surface area contributed by atoms with E-state index in [2.05, 4.69) is 0 Å². The van der Waals surface area contributed by atoms with Gasteiger partial charge >= 0.3 is 0 Å². The van der Waals surface area contributed by atoms with Gasteiger partial charge in [-0.15, -0.1) is 0 Å². The van der Waals surface area contributed by atoms with Gasteiger partial charge in [0.25, 0.3) is 0 Å². The Morgan fingerprint density at radius 2 is 2.11 bits per heavy atom. The molecule has 2 rings (SSSR count). The van der Waals surface area contributed by atoms with E-state index in [9.17, 15) is 0 Å². The second-order valence-corrected chi connectivity index (χ2v) is 4.69. The molecule has 1 aliphatic heterocycles. The maximum atomic E-state index is 5.58. The summed E-state index contributed by atoms with van der Waals surface area (Å²) in [6.07, 6.45) is 2.75. The maximum absolute atomic E-state index is 5.58. The van der Waals surface area contributed by atoms with Gasteiger partial charge in [0.2, 0.25) is 6.79 Å². The van der Waals surface area contributed by atoms with Crippen molar-refractivity contribution >= 4 is 17.2 Å². The van der Waals surface area contributed by atoms with E-state index in [0.29, 0.717) is 18.4 Å². The van der Waals surface area contributed by atoms with Gasteiger partial charge in [-0.3, -0.25) is 0 Å². The first-order valence-electron chi connectivity index (χ1n) is 6.00. The molecule has 0 unspecified atom stereocenters.